The molecule has 1 aliphatic rings. The second-order valence-electron chi connectivity index (χ2n) is 5.29. The largest absolute Gasteiger partial charge is 0.469 e. The standard InChI is InChI=1S/C15H28O3/c1-4-6-7-8-11-15(14(16)17-3)12-9-10-13(15)18-5-2/h13H,4-12H2,1-3H3. The summed E-state index contributed by atoms with van der Waals surface area (Å²) in [5.41, 5.74) is -0.363. The van der Waals surface area contributed by atoms with E-state index in [2.05, 4.69) is 6.92 Å². The minimum atomic E-state index is -0.363. The number of rotatable bonds is 8. The lowest BCUT2D eigenvalue weighted by Gasteiger charge is -2.32. The van der Waals surface area contributed by atoms with Crippen LogP contribution in [0.15, 0.2) is 0 Å². The number of methoxy groups -OCH3 is 1. The highest BCUT2D eigenvalue weighted by Gasteiger charge is 2.49. The smallest absolute Gasteiger partial charge is 0.314 e. The maximum absolute atomic E-state index is 12.2. The summed E-state index contributed by atoms with van der Waals surface area (Å²) >= 11 is 0. The molecule has 1 aliphatic carbocycles. The topological polar surface area (TPSA) is 35.5 Å². The summed E-state index contributed by atoms with van der Waals surface area (Å²) in [6.45, 7) is 4.88. The van der Waals surface area contributed by atoms with E-state index < -0.39 is 0 Å². The van der Waals surface area contributed by atoms with Gasteiger partial charge in [-0.2, -0.15) is 0 Å². The van der Waals surface area contributed by atoms with Crippen molar-refractivity contribution in [1.82, 2.24) is 0 Å². The maximum atomic E-state index is 12.2. The molecule has 0 aromatic heterocycles. The lowest BCUT2D eigenvalue weighted by Crippen LogP contribution is -2.41. The van der Waals surface area contributed by atoms with E-state index in [0.29, 0.717) is 6.61 Å². The Bertz CT molecular complexity index is 252. The Labute approximate surface area is 111 Å². The van der Waals surface area contributed by atoms with Gasteiger partial charge in [-0.05, 0) is 32.6 Å². The third-order valence-corrected chi connectivity index (χ3v) is 4.14. The molecule has 1 saturated carbocycles. The van der Waals surface area contributed by atoms with Crippen molar-refractivity contribution in [2.24, 2.45) is 5.41 Å². The number of hydrogen-bond donors (Lipinski definition) is 0. The number of carbonyl (C=O) groups is 1. The second-order valence-corrected chi connectivity index (χ2v) is 5.29. The van der Waals surface area contributed by atoms with Crippen molar-refractivity contribution in [3.8, 4) is 0 Å². The molecule has 0 aromatic carbocycles. The Kier molecular flexibility index (Phi) is 6.69. The zero-order chi connectivity index (χ0) is 13.4. The summed E-state index contributed by atoms with van der Waals surface area (Å²) in [6, 6.07) is 0. The van der Waals surface area contributed by atoms with E-state index in [1.165, 1.54) is 26.4 Å². The third-order valence-electron chi connectivity index (χ3n) is 4.14. The number of unbranched alkanes of at least 4 members (excludes halogenated alkanes) is 3. The molecule has 2 unspecified atom stereocenters. The molecule has 106 valence electrons. The van der Waals surface area contributed by atoms with Gasteiger partial charge in [0.1, 0.15) is 0 Å². The van der Waals surface area contributed by atoms with Crippen LogP contribution in [-0.2, 0) is 14.3 Å². The lowest BCUT2D eigenvalue weighted by atomic mass is 9.79. The van der Waals surface area contributed by atoms with Gasteiger partial charge < -0.3 is 9.47 Å². The van der Waals surface area contributed by atoms with Crippen molar-refractivity contribution in [2.75, 3.05) is 13.7 Å². The highest BCUT2D eigenvalue weighted by Crippen LogP contribution is 2.45. The first-order valence-corrected chi connectivity index (χ1v) is 7.41. The quantitative estimate of drug-likeness (QED) is 0.490. The predicted molar refractivity (Wildman–Crippen MR) is 72.5 cm³/mol. The SMILES string of the molecule is CCCCCCC1(C(=O)OC)CCCC1OCC. The van der Waals surface area contributed by atoms with Crippen molar-refractivity contribution < 1.29 is 14.3 Å². The van der Waals surface area contributed by atoms with E-state index in [4.69, 9.17) is 9.47 Å². The summed E-state index contributed by atoms with van der Waals surface area (Å²) in [4.78, 5) is 12.2. The van der Waals surface area contributed by atoms with E-state index in [0.717, 1.165) is 32.1 Å². The van der Waals surface area contributed by atoms with Crippen LogP contribution in [0.2, 0.25) is 0 Å². The fourth-order valence-corrected chi connectivity index (χ4v) is 3.18. The average Bonchev–Trinajstić information content (AvgIpc) is 2.78. The Balaban J connectivity index is 2.65. The van der Waals surface area contributed by atoms with Crippen LogP contribution in [0, 0.1) is 5.41 Å². The molecule has 2 atom stereocenters. The fourth-order valence-electron chi connectivity index (χ4n) is 3.18. The van der Waals surface area contributed by atoms with Gasteiger partial charge in [0.15, 0.2) is 0 Å². The van der Waals surface area contributed by atoms with Crippen molar-refractivity contribution in [1.29, 1.82) is 0 Å². The van der Waals surface area contributed by atoms with Gasteiger partial charge in [-0.15, -0.1) is 0 Å². The highest BCUT2D eigenvalue weighted by molar-refractivity contribution is 5.78. The summed E-state index contributed by atoms with van der Waals surface area (Å²) in [7, 11) is 1.50. The van der Waals surface area contributed by atoms with Gasteiger partial charge in [0.05, 0.1) is 18.6 Å². The molecule has 0 spiro atoms. The van der Waals surface area contributed by atoms with Gasteiger partial charge in [-0.25, -0.2) is 0 Å². The number of ether oxygens (including phenoxy) is 2. The summed E-state index contributed by atoms with van der Waals surface area (Å²) in [6.07, 6.45) is 8.76. The van der Waals surface area contributed by atoms with Crippen LogP contribution in [-0.4, -0.2) is 25.8 Å². The Morgan fingerprint density at radius 1 is 1.28 bits per heavy atom. The Hall–Kier alpha value is -0.570. The molecule has 0 heterocycles. The third kappa shape index (κ3) is 3.47. The van der Waals surface area contributed by atoms with Crippen LogP contribution >= 0.6 is 0 Å². The maximum Gasteiger partial charge on any atom is 0.314 e. The minimum absolute atomic E-state index is 0.0602. The summed E-state index contributed by atoms with van der Waals surface area (Å²) < 4.78 is 10.9. The van der Waals surface area contributed by atoms with Gasteiger partial charge in [-0.1, -0.05) is 32.6 Å². The molecular weight excluding hydrogens is 228 g/mol. The van der Waals surface area contributed by atoms with E-state index in [-0.39, 0.29) is 17.5 Å². The normalized spacial score (nSPS) is 27.4. The van der Waals surface area contributed by atoms with E-state index >= 15 is 0 Å². The van der Waals surface area contributed by atoms with E-state index in [9.17, 15) is 4.79 Å². The van der Waals surface area contributed by atoms with Crippen molar-refractivity contribution in [3.05, 3.63) is 0 Å². The lowest BCUT2D eigenvalue weighted by molar-refractivity contribution is -0.162. The van der Waals surface area contributed by atoms with E-state index in [1.807, 2.05) is 6.92 Å². The van der Waals surface area contributed by atoms with Crippen LogP contribution in [0.3, 0.4) is 0 Å². The van der Waals surface area contributed by atoms with Gasteiger partial charge in [0.2, 0.25) is 0 Å². The fraction of sp³-hybridized carbons (Fsp3) is 0.933. The molecule has 18 heavy (non-hydrogen) atoms. The molecule has 0 N–H and O–H groups in total. The van der Waals surface area contributed by atoms with E-state index in [1.54, 1.807) is 0 Å². The second kappa shape index (κ2) is 7.78. The number of esters is 1. The first-order chi connectivity index (χ1) is 8.71. The minimum Gasteiger partial charge on any atom is -0.469 e. The monoisotopic (exact) mass is 256 g/mol. The predicted octanol–water partition coefficient (Wildman–Crippen LogP) is 3.71. The molecule has 0 aromatic rings. The molecule has 0 bridgehead atoms. The zero-order valence-corrected chi connectivity index (χ0v) is 12.2. The van der Waals surface area contributed by atoms with Crippen LogP contribution in [0.25, 0.3) is 0 Å². The summed E-state index contributed by atoms with van der Waals surface area (Å²) in [5.74, 6) is -0.0602. The van der Waals surface area contributed by atoms with Gasteiger partial charge in [0, 0.05) is 6.61 Å². The molecule has 0 amide bonds. The molecule has 0 radical (unpaired) electrons. The van der Waals surface area contributed by atoms with Crippen LogP contribution < -0.4 is 0 Å². The Morgan fingerprint density at radius 3 is 2.67 bits per heavy atom. The zero-order valence-electron chi connectivity index (χ0n) is 12.2. The van der Waals surface area contributed by atoms with Gasteiger partial charge in [0.25, 0.3) is 0 Å². The van der Waals surface area contributed by atoms with Crippen LogP contribution in [0.5, 0.6) is 0 Å². The molecule has 0 saturated heterocycles. The molecule has 3 heteroatoms. The highest BCUT2D eigenvalue weighted by atomic mass is 16.5. The molecule has 1 fully saturated rings. The van der Waals surface area contributed by atoms with Crippen LogP contribution in [0.4, 0.5) is 0 Å². The van der Waals surface area contributed by atoms with Gasteiger partial charge >= 0.3 is 5.97 Å². The molecule has 3 nitrogen and oxygen atoms in total. The van der Waals surface area contributed by atoms with Crippen molar-refractivity contribution >= 4 is 5.97 Å². The number of carbonyl (C=O) groups excluding carboxylic acids is 1. The van der Waals surface area contributed by atoms with Crippen molar-refractivity contribution in [2.45, 2.75) is 71.3 Å². The molecular formula is C15H28O3. The number of hydrogen-bond acceptors (Lipinski definition) is 3. The average molecular weight is 256 g/mol. The van der Waals surface area contributed by atoms with Crippen molar-refractivity contribution in [3.63, 3.8) is 0 Å². The first kappa shape index (κ1) is 15.5. The summed E-state index contributed by atoms with van der Waals surface area (Å²) in [5, 5.41) is 0. The van der Waals surface area contributed by atoms with Crippen LogP contribution in [0.1, 0.15) is 65.2 Å². The molecule has 0 aliphatic heterocycles. The Morgan fingerprint density at radius 2 is 2.06 bits per heavy atom. The first-order valence-electron chi connectivity index (χ1n) is 7.41. The molecule has 1 rings (SSSR count). The van der Waals surface area contributed by atoms with Gasteiger partial charge in [-0.3, -0.25) is 4.79 Å².